The number of fused-ring (bicyclic) bond motifs is 9. The van der Waals surface area contributed by atoms with E-state index in [1.807, 2.05) is 6.07 Å². The van der Waals surface area contributed by atoms with Crippen LogP contribution < -0.4 is 4.90 Å². The largest absolute Gasteiger partial charge is 0.456 e. The highest BCUT2D eigenvalue weighted by Gasteiger charge is 2.36. The third kappa shape index (κ3) is 5.83. The van der Waals surface area contributed by atoms with Crippen molar-refractivity contribution >= 4 is 60.8 Å². The monoisotopic (exact) mass is 844 g/mol. The molecule has 0 bridgehead atoms. The van der Waals surface area contributed by atoms with Crippen LogP contribution in [0, 0.1) is 0 Å². The van der Waals surface area contributed by atoms with Gasteiger partial charge in [0.1, 0.15) is 11.2 Å². The SMILES string of the molecule is CC1(C)c2ccccc2-c2c(-c3ccc(N(c4ccc(-c5ccc6c(c5)c5ccccc5n6-c5ccccc5)cc4)c4ccccc4-c4cccc5oc6ccccc6c45)cc3)cccc21. The van der Waals surface area contributed by atoms with Crippen LogP contribution in [-0.4, -0.2) is 4.57 Å². The van der Waals surface area contributed by atoms with E-state index in [0.717, 1.165) is 61.4 Å². The van der Waals surface area contributed by atoms with E-state index < -0.39 is 0 Å². The molecule has 0 saturated carbocycles. The molecule has 66 heavy (non-hydrogen) atoms. The molecule has 1 aliphatic carbocycles. The van der Waals surface area contributed by atoms with Crippen LogP contribution in [0.2, 0.25) is 0 Å². The van der Waals surface area contributed by atoms with Crippen LogP contribution in [0.1, 0.15) is 25.0 Å². The molecule has 12 aromatic rings. The second-order valence-corrected chi connectivity index (χ2v) is 18.0. The van der Waals surface area contributed by atoms with Crippen molar-refractivity contribution in [2.45, 2.75) is 19.3 Å². The molecule has 1 aliphatic rings. The molecule has 3 nitrogen and oxygen atoms in total. The fourth-order valence-electron chi connectivity index (χ4n) is 10.9. The van der Waals surface area contributed by atoms with Crippen LogP contribution in [0.25, 0.3) is 93.9 Å². The third-order valence-electron chi connectivity index (χ3n) is 14.0. The lowest BCUT2D eigenvalue weighted by atomic mass is 9.82. The molecule has 13 rings (SSSR count). The van der Waals surface area contributed by atoms with Gasteiger partial charge in [-0.25, -0.2) is 0 Å². The Morgan fingerprint density at radius 1 is 0.394 bits per heavy atom. The van der Waals surface area contributed by atoms with Crippen molar-refractivity contribution in [3.63, 3.8) is 0 Å². The van der Waals surface area contributed by atoms with Gasteiger partial charge in [0, 0.05) is 49.6 Å². The molecule has 2 heterocycles. The summed E-state index contributed by atoms with van der Waals surface area (Å²) in [5, 5.41) is 4.72. The van der Waals surface area contributed by atoms with Crippen molar-refractivity contribution in [2.24, 2.45) is 0 Å². The number of benzene rings is 10. The highest BCUT2D eigenvalue weighted by atomic mass is 16.3. The molecular formula is C63H44N2O. The molecule has 2 aromatic heterocycles. The number of furan rings is 1. The lowest BCUT2D eigenvalue weighted by molar-refractivity contribution is 0.660. The molecule has 0 unspecified atom stereocenters. The standard InChI is InChI=1S/C63H44N2O/c1-63(2)54-24-10-6-20-51(54)61-47(22-14-25-55(61)63)42-32-37-46(38-33-42)64(56-26-11-7-18-48(56)50-23-15-29-60-62(50)52-21-9-13-28-59(52)66-60)45-35-30-41(31-36-45)43-34-39-58-53(40-43)49-19-8-12-27-57(49)65(58)44-16-4-3-5-17-44/h3-40H,1-2H3. The van der Waals surface area contributed by atoms with Crippen molar-refractivity contribution in [1.29, 1.82) is 0 Å². The van der Waals surface area contributed by atoms with Crippen molar-refractivity contribution in [1.82, 2.24) is 4.57 Å². The molecule has 0 N–H and O–H groups in total. The Bertz CT molecular complexity index is 3830. The number of nitrogens with zero attached hydrogens (tertiary/aromatic N) is 2. The summed E-state index contributed by atoms with van der Waals surface area (Å²) < 4.78 is 8.79. The van der Waals surface area contributed by atoms with Crippen molar-refractivity contribution in [2.75, 3.05) is 4.90 Å². The minimum absolute atomic E-state index is 0.0650. The maximum Gasteiger partial charge on any atom is 0.136 e. The molecule has 10 aromatic carbocycles. The van der Waals surface area contributed by atoms with E-state index in [2.05, 4.69) is 248 Å². The fourth-order valence-corrected chi connectivity index (χ4v) is 10.9. The summed E-state index contributed by atoms with van der Waals surface area (Å²) in [6.45, 7) is 4.70. The normalized spacial score (nSPS) is 12.8. The predicted molar refractivity (Wildman–Crippen MR) is 277 cm³/mol. The number of hydrogen-bond acceptors (Lipinski definition) is 2. The Morgan fingerprint density at radius 3 is 1.79 bits per heavy atom. The van der Waals surface area contributed by atoms with Gasteiger partial charge in [-0.1, -0.05) is 172 Å². The molecule has 0 saturated heterocycles. The molecule has 312 valence electrons. The van der Waals surface area contributed by atoms with E-state index in [1.165, 1.54) is 60.8 Å². The van der Waals surface area contributed by atoms with Gasteiger partial charge in [0.05, 0.1) is 16.7 Å². The summed E-state index contributed by atoms with van der Waals surface area (Å²) in [7, 11) is 0. The average molecular weight is 845 g/mol. The Kier molecular flexibility index (Phi) is 8.56. The van der Waals surface area contributed by atoms with Crippen molar-refractivity contribution < 1.29 is 4.42 Å². The Labute approximate surface area is 384 Å². The molecule has 0 radical (unpaired) electrons. The van der Waals surface area contributed by atoms with Gasteiger partial charge in [-0.3, -0.25) is 0 Å². The van der Waals surface area contributed by atoms with Gasteiger partial charge in [0.2, 0.25) is 0 Å². The summed E-state index contributed by atoms with van der Waals surface area (Å²) in [6.07, 6.45) is 0. The summed E-state index contributed by atoms with van der Waals surface area (Å²) in [4.78, 5) is 2.41. The van der Waals surface area contributed by atoms with E-state index in [4.69, 9.17) is 4.42 Å². The first kappa shape index (κ1) is 38.1. The van der Waals surface area contributed by atoms with Gasteiger partial charge in [-0.15, -0.1) is 0 Å². The van der Waals surface area contributed by atoms with E-state index >= 15 is 0 Å². The lowest BCUT2D eigenvalue weighted by Crippen LogP contribution is -2.14. The topological polar surface area (TPSA) is 21.3 Å². The zero-order valence-electron chi connectivity index (χ0n) is 36.7. The van der Waals surface area contributed by atoms with E-state index in [1.54, 1.807) is 0 Å². The molecule has 3 heteroatoms. The lowest BCUT2D eigenvalue weighted by Gasteiger charge is -2.28. The molecular weight excluding hydrogens is 801 g/mol. The van der Waals surface area contributed by atoms with Crippen LogP contribution in [-0.2, 0) is 5.41 Å². The van der Waals surface area contributed by atoms with Crippen molar-refractivity contribution in [3.8, 4) is 50.2 Å². The average Bonchev–Trinajstić information content (AvgIpc) is 4.00. The van der Waals surface area contributed by atoms with Crippen LogP contribution in [0.4, 0.5) is 17.1 Å². The first-order chi connectivity index (χ1) is 32.5. The first-order valence-corrected chi connectivity index (χ1v) is 22.8. The zero-order chi connectivity index (χ0) is 43.9. The summed E-state index contributed by atoms with van der Waals surface area (Å²) in [5.74, 6) is 0. The van der Waals surface area contributed by atoms with E-state index in [0.29, 0.717) is 0 Å². The first-order valence-electron chi connectivity index (χ1n) is 22.8. The highest BCUT2D eigenvalue weighted by Crippen LogP contribution is 2.52. The van der Waals surface area contributed by atoms with E-state index in [-0.39, 0.29) is 5.41 Å². The molecule has 0 fully saturated rings. The maximum atomic E-state index is 6.42. The number of anilines is 3. The number of para-hydroxylation sites is 4. The van der Waals surface area contributed by atoms with Gasteiger partial charge in [0.25, 0.3) is 0 Å². The van der Waals surface area contributed by atoms with Gasteiger partial charge < -0.3 is 13.9 Å². The number of hydrogen-bond donors (Lipinski definition) is 0. The predicted octanol–water partition coefficient (Wildman–Crippen LogP) is 17.5. The van der Waals surface area contributed by atoms with Crippen LogP contribution in [0.15, 0.2) is 235 Å². The van der Waals surface area contributed by atoms with Crippen LogP contribution >= 0.6 is 0 Å². The maximum absolute atomic E-state index is 6.42. The third-order valence-corrected chi connectivity index (χ3v) is 14.0. The van der Waals surface area contributed by atoms with Gasteiger partial charge in [-0.2, -0.15) is 0 Å². The zero-order valence-corrected chi connectivity index (χ0v) is 36.7. The minimum Gasteiger partial charge on any atom is -0.456 e. The Morgan fingerprint density at radius 2 is 0.970 bits per heavy atom. The van der Waals surface area contributed by atoms with Crippen LogP contribution in [0.5, 0.6) is 0 Å². The fraction of sp³-hybridized carbons (Fsp3) is 0.0476. The summed E-state index contributed by atoms with van der Waals surface area (Å²) in [6, 6.07) is 83.8. The van der Waals surface area contributed by atoms with Gasteiger partial charge in [0.15, 0.2) is 0 Å². The molecule has 0 amide bonds. The van der Waals surface area contributed by atoms with Crippen LogP contribution in [0.3, 0.4) is 0 Å². The Balaban J connectivity index is 0.954. The minimum atomic E-state index is -0.0650. The van der Waals surface area contributed by atoms with Gasteiger partial charge >= 0.3 is 0 Å². The highest BCUT2D eigenvalue weighted by molar-refractivity contribution is 6.14. The quantitative estimate of drug-likeness (QED) is 0.159. The smallest absolute Gasteiger partial charge is 0.136 e. The molecule has 0 spiro atoms. The molecule has 0 aliphatic heterocycles. The number of rotatable bonds is 7. The summed E-state index contributed by atoms with van der Waals surface area (Å²) in [5.41, 5.74) is 21.0. The Hall–Kier alpha value is -8.40. The van der Waals surface area contributed by atoms with E-state index in [9.17, 15) is 0 Å². The van der Waals surface area contributed by atoms with Crippen molar-refractivity contribution in [3.05, 3.63) is 242 Å². The van der Waals surface area contributed by atoms with Gasteiger partial charge in [-0.05, 0) is 123 Å². The second-order valence-electron chi connectivity index (χ2n) is 18.0. The molecule has 0 atom stereocenters. The second kappa shape index (κ2) is 14.8. The number of aromatic nitrogens is 1. The summed E-state index contributed by atoms with van der Waals surface area (Å²) >= 11 is 0.